The molecule has 1 aliphatic heterocycles. The van der Waals surface area contributed by atoms with Crippen molar-refractivity contribution in [3.63, 3.8) is 0 Å². The average molecular weight is 371 g/mol. The molecule has 2 heterocycles. The van der Waals surface area contributed by atoms with Gasteiger partial charge in [-0.25, -0.2) is 4.79 Å². The summed E-state index contributed by atoms with van der Waals surface area (Å²) in [5.74, 6) is 1.13. The molecule has 2 fully saturated rings. The van der Waals surface area contributed by atoms with Gasteiger partial charge in [0.15, 0.2) is 0 Å². The summed E-state index contributed by atoms with van der Waals surface area (Å²) in [4.78, 5) is 26.4. The molecule has 1 N–H and O–H groups in total. The van der Waals surface area contributed by atoms with E-state index in [9.17, 15) is 9.59 Å². The predicted octanol–water partition coefficient (Wildman–Crippen LogP) is 3.78. The van der Waals surface area contributed by atoms with Gasteiger partial charge >= 0.3 is 6.09 Å². The van der Waals surface area contributed by atoms with Crippen LogP contribution < -0.4 is 5.32 Å². The van der Waals surface area contributed by atoms with Gasteiger partial charge in [-0.2, -0.15) is 0 Å². The van der Waals surface area contributed by atoms with E-state index in [0.717, 1.165) is 32.4 Å². The number of carbonyl (C=O) groups excluding carboxylic acids is 2. The minimum atomic E-state index is -0.241. The van der Waals surface area contributed by atoms with Gasteiger partial charge in [0.1, 0.15) is 0 Å². The van der Waals surface area contributed by atoms with Crippen LogP contribution in [0.4, 0.5) is 4.79 Å². The van der Waals surface area contributed by atoms with E-state index >= 15 is 0 Å². The van der Waals surface area contributed by atoms with Crippen LogP contribution in [0.5, 0.6) is 0 Å². The van der Waals surface area contributed by atoms with Crippen molar-refractivity contribution in [2.45, 2.75) is 38.1 Å². The van der Waals surface area contributed by atoms with E-state index in [2.05, 4.69) is 5.32 Å². The van der Waals surface area contributed by atoms with Crippen LogP contribution in [0, 0.1) is 11.8 Å². The summed E-state index contributed by atoms with van der Waals surface area (Å²) in [7, 11) is 1.42. The molecular formula is C17H23ClN2O3S. The van der Waals surface area contributed by atoms with Gasteiger partial charge in [-0.05, 0) is 56.1 Å². The van der Waals surface area contributed by atoms with Crippen LogP contribution in [0.3, 0.4) is 0 Å². The number of nitrogens with one attached hydrogen (secondary N) is 1. The first-order chi connectivity index (χ1) is 11.6. The van der Waals surface area contributed by atoms with Crippen LogP contribution >= 0.6 is 22.9 Å². The SMILES string of the molecule is COC(=O)N1CCC(C[C@@H](NC(=O)c2ccc(Cl)s2)C2CC2)CC1. The summed E-state index contributed by atoms with van der Waals surface area (Å²) in [6.45, 7) is 1.48. The highest BCUT2D eigenvalue weighted by atomic mass is 35.5. The number of likely N-dealkylation sites (tertiary alicyclic amines) is 1. The summed E-state index contributed by atoms with van der Waals surface area (Å²) >= 11 is 7.24. The molecule has 0 unspecified atom stereocenters. The van der Waals surface area contributed by atoms with E-state index in [1.165, 1.54) is 31.3 Å². The number of hydrogen-bond acceptors (Lipinski definition) is 4. The highest BCUT2D eigenvalue weighted by Crippen LogP contribution is 2.37. The van der Waals surface area contributed by atoms with Crippen LogP contribution in [0.2, 0.25) is 4.34 Å². The molecule has 1 aromatic heterocycles. The van der Waals surface area contributed by atoms with Gasteiger partial charge in [0.25, 0.3) is 5.91 Å². The quantitative estimate of drug-likeness (QED) is 0.858. The van der Waals surface area contributed by atoms with Crippen molar-refractivity contribution in [1.82, 2.24) is 10.2 Å². The number of thiophene rings is 1. The van der Waals surface area contributed by atoms with Crippen molar-refractivity contribution in [2.24, 2.45) is 11.8 Å². The molecule has 0 radical (unpaired) electrons. The third-order valence-corrected chi connectivity index (χ3v) is 6.17. The fourth-order valence-corrected chi connectivity index (χ4v) is 4.33. The molecule has 2 aliphatic rings. The average Bonchev–Trinajstić information content (AvgIpc) is 3.35. The first-order valence-electron chi connectivity index (χ1n) is 8.46. The highest BCUT2D eigenvalue weighted by Gasteiger charge is 2.35. The molecule has 0 aromatic carbocycles. The number of amides is 2. The summed E-state index contributed by atoms with van der Waals surface area (Å²) < 4.78 is 5.42. The van der Waals surface area contributed by atoms with Gasteiger partial charge in [-0.3, -0.25) is 4.79 Å². The number of piperidine rings is 1. The maximum absolute atomic E-state index is 12.4. The van der Waals surface area contributed by atoms with Crippen LogP contribution in [0.15, 0.2) is 12.1 Å². The Labute approximate surface area is 151 Å². The first-order valence-corrected chi connectivity index (χ1v) is 9.65. The van der Waals surface area contributed by atoms with Crippen molar-refractivity contribution in [3.8, 4) is 0 Å². The molecule has 0 spiro atoms. The minimum absolute atomic E-state index is 0.0178. The van der Waals surface area contributed by atoms with E-state index in [1.54, 1.807) is 17.0 Å². The second kappa shape index (κ2) is 7.74. The van der Waals surface area contributed by atoms with Gasteiger partial charge < -0.3 is 15.0 Å². The van der Waals surface area contributed by atoms with Crippen molar-refractivity contribution in [2.75, 3.05) is 20.2 Å². The lowest BCUT2D eigenvalue weighted by Crippen LogP contribution is -2.42. The van der Waals surface area contributed by atoms with E-state index in [4.69, 9.17) is 16.3 Å². The summed E-state index contributed by atoms with van der Waals surface area (Å²) in [6.07, 6.45) is 5.08. The molecule has 1 aliphatic carbocycles. The lowest BCUT2D eigenvalue weighted by molar-refractivity contribution is 0.0910. The van der Waals surface area contributed by atoms with Crippen LogP contribution in [-0.4, -0.2) is 43.1 Å². The number of halogens is 1. The highest BCUT2D eigenvalue weighted by molar-refractivity contribution is 7.17. The normalized spacial score (nSPS) is 19.8. The summed E-state index contributed by atoms with van der Waals surface area (Å²) in [5.41, 5.74) is 0. The van der Waals surface area contributed by atoms with Crippen molar-refractivity contribution in [3.05, 3.63) is 21.3 Å². The Hall–Kier alpha value is -1.27. The molecular weight excluding hydrogens is 348 g/mol. The van der Waals surface area contributed by atoms with Crippen LogP contribution in [0.25, 0.3) is 0 Å². The molecule has 24 heavy (non-hydrogen) atoms. The maximum atomic E-state index is 12.4. The van der Waals surface area contributed by atoms with Gasteiger partial charge in [0.2, 0.25) is 0 Å². The van der Waals surface area contributed by atoms with Gasteiger partial charge in [-0.1, -0.05) is 11.6 Å². The van der Waals surface area contributed by atoms with Crippen LogP contribution in [0.1, 0.15) is 41.8 Å². The Balaban J connectivity index is 1.52. The standard InChI is InChI=1S/C17H23ClN2O3S/c1-23-17(22)20-8-6-11(7-9-20)10-13(12-2-3-12)19-16(21)14-4-5-15(18)24-14/h4-5,11-13H,2-3,6-10H2,1H3,(H,19,21)/t13-/m1/s1. The molecule has 132 valence electrons. The summed E-state index contributed by atoms with van der Waals surface area (Å²) in [6, 6.07) is 3.77. The number of methoxy groups -OCH3 is 1. The maximum Gasteiger partial charge on any atom is 0.409 e. The number of ether oxygens (including phenoxy) is 1. The fraction of sp³-hybridized carbons (Fsp3) is 0.647. The minimum Gasteiger partial charge on any atom is -0.453 e. The number of hydrogen-bond donors (Lipinski definition) is 1. The topological polar surface area (TPSA) is 58.6 Å². The lowest BCUT2D eigenvalue weighted by Gasteiger charge is -2.33. The van der Waals surface area contributed by atoms with Crippen molar-refractivity contribution >= 4 is 34.9 Å². The second-order valence-corrected chi connectivity index (χ2v) is 8.37. The molecule has 7 heteroatoms. The molecule has 1 saturated heterocycles. The lowest BCUT2D eigenvalue weighted by atomic mass is 9.88. The van der Waals surface area contributed by atoms with E-state index in [-0.39, 0.29) is 18.0 Å². The van der Waals surface area contributed by atoms with Crippen LogP contribution in [-0.2, 0) is 4.74 Å². The fourth-order valence-electron chi connectivity index (χ4n) is 3.38. The largest absolute Gasteiger partial charge is 0.453 e. The Kier molecular flexibility index (Phi) is 5.66. The molecule has 1 atom stereocenters. The van der Waals surface area contributed by atoms with Gasteiger partial charge in [-0.15, -0.1) is 11.3 Å². The smallest absolute Gasteiger partial charge is 0.409 e. The van der Waals surface area contributed by atoms with Crippen molar-refractivity contribution in [1.29, 1.82) is 0 Å². The second-order valence-electron chi connectivity index (χ2n) is 6.66. The molecule has 5 nitrogen and oxygen atoms in total. The summed E-state index contributed by atoms with van der Waals surface area (Å²) in [5, 5.41) is 3.21. The number of carbonyl (C=O) groups is 2. The zero-order chi connectivity index (χ0) is 17.1. The first kappa shape index (κ1) is 17.5. The Morgan fingerprint density at radius 2 is 2.04 bits per heavy atom. The molecule has 0 bridgehead atoms. The molecule has 1 saturated carbocycles. The monoisotopic (exact) mass is 370 g/mol. The number of rotatable bonds is 5. The zero-order valence-corrected chi connectivity index (χ0v) is 15.4. The van der Waals surface area contributed by atoms with Gasteiger partial charge in [0, 0.05) is 19.1 Å². The molecule has 3 rings (SSSR count). The van der Waals surface area contributed by atoms with E-state index < -0.39 is 0 Å². The zero-order valence-electron chi connectivity index (χ0n) is 13.8. The number of nitrogens with zero attached hydrogens (tertiary/aromatic N) is 1. The molecule has 2 amide bonds. The predicted molar refractivity (Wildman–Crippen MR) is 94.6 cm³/mol. The Bertz CT molecular complexity index is 594. The van der Waals surface area contributed by atoms with E-state index in [1.807, 2.05) is 0 Å². The molecule has 1 aromatic rings. The van der Waals surface area contributed by atoms with E-state index in [0.29, 0.717) is 21.0 Å². The Morgan fingerprint density at radius 3 is 2.58 bits per heavy atom. The van der Waals surface area contributed by atoms with Crippen molar-refractivity contribution < 1.29 is 14.3 Å². The van der Waals surface area contributed by atoms with Gasteiger partial charge in [0.05, 0.1) is 16.3 Å². The Morgan fingerprint density at radius 1 is 1.33 bits per heavy atom. The third-order valence-electron chi connectivity index (χ3n) is 4.94. The third kappa shape index (κ3) is 4.42.